The number of thiocarbonyl (C=S) groups is 1. The normalized spacial score (nSPS) is 19.5. The molecule has 0 radical (unpaired) electrons. The lowest BCUT2D eigenvalue weighted by atomic mass is 9.90. The zero-order valence-electron chi connectivity index (χ0n) is 15.6. The molecular weight excluding hydrogens is 346 g/mol. The molecule has 1 amide bonds. The van der Waals surface area contributed by atoms with Crippen LogP contribution < -0.4 is 16.0 Å². The number of aryl methyl sites for hydroxylation is 1. The molecule has 1 aromatic carbocycles. The van der Waals surface area contributed by atoms with Crippen molar-refractivity contribution in [1.82, 2.24) is 10.6 Å². The molecule has 1 fully saturated rings. The van der Waals surface area contributed by atoms with Gasteiger partial charge in [0.25, 0.3) is 0 Å². The van der Waals surface area contributed by atoms with Crippen LogP contribution in [0.25, 0.3) is 0 Å². The van der Waals surface area contributed by atoms with Crippen LogP contribution in [-0.4, -0.2) is 28.9 Å². The Morgan fingerprint density at radius 3 is 2.23 bits per heavy atom. The molecule has 1 aliphatic carbocycles. The lowest BCUT2D eigenvalue weighted by Crippen LogP contribution is -2.54. The average molecular weight is 376 g/mol. The highest BCUT2D eigenvalue weighted by molar-refractivity contribution is 7.80. The smallest absolute Gasteiger partial charge is 0.220 e. The second kappa shape index (κ2) is 10.3. The van der Waals surface area contributed by atoms with Crippen LogP contribution in [0, 0.1) is 0 Å². The van der Waals surface area contributed by atoms with E-state index in [0.29, 0.717) is 11.5 Å². The molecule has 2 unspecified atom stereocenters. The molecule has 2 rings (SSSR count). The maximum atomic E-state index is 12.1. The summed E-state index contributed by atoms with van der Waals surface area (Å²) < 4.78 is 0. The van der Waals surface area contributed by atoms with Gasteiger partial charge in [0.15, 0.2) is 5.11 Å². The minimum atomic E-state index is -0.0621. The fraction of sp³-hybridized carbons (Fsp3) is 0.550. The van der Waals surface area contributed by atoms with E-state index in [1.807, 2.05) is 12.1 Å². The van der Waals surface area contributed by atoms with Crippen LogP contribution in [0.1, 0.15) is 57.9 Å². The third-order valence-electron chi connectivity index (χ3n) is 4.75. The van der Waals surface area contributed by atoms with Crippen molar-refractivity contribution in [2.24, 2.45) is 0 Å². The molecule has 1 aliphatic rings. The molecular formula is C20H29N3O2S. The highest BCUT2D eigenvalue weighted by atomic mass is 32.1. The first kappa shape index (κ1) is 20.4. The number of amides is 1. The number of hydrogen-bond donors (Lipinski definition) is 3. The van der Waals surface area contributed by atoms with Gasteiger partial charge in [-0.2, -0.15) is 0 Å². The Labute approximate surface area is 161 Å². The van der Waals surface area contributed by atoms with E-state index < -0.39 is 0 Å². The van der Waals surface area contributed by atoms with E-state index in [1.165, 1.54) is 12.5 Å². The van der Waals surface area contributed by atoms with Crippen molar-refractivity contribution < 1.29 is 9.59 Å². The molecule has 26 heavy (non-hydrogen) atoms. The summed E-state index contributed by atoms with van der Waals surface area (Å²) in [5, 5.41) is 10.2. The molecule has 2 atom stereocenters. The quantitative estimate of drug-likeness (QED) is 0.638. The number of carbonyl (C=O) groups is 2. The number of benzene rings is 1. The largest absolute Gasteiger partial charge is 0.358 e. The predicted octanol–water partition coefficient (Wildman–Crippen LogP) is 3.33. The van der Waals surface area contributed by atoms with Crippen LogP contribution in [0.4, 0.5) is 5.69 Å². The number of anilines is 1. The monoisotopic (exact) mass is 375 g/mol. The van der Waals surface area contributed by atoms with Crippen molar-refractivity contribution in [3.8, 4) is 0 Å². The highest BCUT2D eigenvalue weighted by Gasteiger charge is 2.27. The summed E-state index contributed by atoms with van der Waals surface area (Å²) in [6.45, 7) is 3.64. The van der Waals surface area contributed by atoms with Crippen LogP contribution >= 0.6 is 12.2 Å². The van der Waals surface area contributed by atoms with E-state index in [9.17, 15) is 9.59 Å². The number of nitrogens with one attached hydrogen (secondary N) is 3. The summed E-state index contributed by atoms with van der Waals surface area (Å²) in [7, 11) is 0. The van der Waals surface area contributed by atoms with Crippen LogP contribution in [-0.2, 0) is 16.0 Å². The van der Waals surface area contributed by atoms with Gasteiger partial charge >= 0.3 is 0 Å². The fourth-order valence-electron chi connectivity index (χ4n) is 3.20. The molecule has 6 heteroatoms. The number of ketones is 1. The summed E-state index contributed by atoms with van der Waals surface area (Å²) in [5.74, 6) is -0.0223. The Bertz CT molecular complexity index is 630. The Balaban J connectivity index is 1.86. The number of rotatable bonds is 7. The van der Waals surface area contributed by atoms with Crippen molar-refractivity contribution in [2.45, 2.75) is 70.9 Å². The van der Waals surface area contributed by atoms with E-state index in [-0.39, 0.29) is 30.2 Å². The summed E-state index contributed by atoms with van der Waals surface area (Å²) >= 11 is 5.45. The van der Waals surface area contributed by atoms with Crippen molar-refractivity contribution in [2.75, 3.05) is 5.32 Å². The van der Waals surface area contributed by atoms with Crippen molar-refractivity contribution in [3.63, 3.8) is 0 Å². The van der Waals surface area contributed by atoms with Gasteiger partial charge in [0, 0.05) is 30.6 Å². The third-order valence-corrected chi connectivity index (χ3v) is 4.97. The SMILES string of the molecule is CCc1ccc(NC(=S)NC2CCCCC2NC(=O)CCC(C)=O)cc1. The van der Waals surface area contributed by atoms with Gasteiger partial charge in [-0.3, -0.25) is 4.79 Å². The van der Waals surface area contributed by atoms with Gasteiger partial charge in [0.1, 0.15) is 5.78 Å². The Kier molecular flexibility index (Phi) is 8.04. The summed E-state index contributed by atoms with van der Waals surface area (Å²) in [5.41, 5.74) is 2.24. The minimum Gasteiger partial charge on any atom is -0.358 e. The minimum absolute atomic E-state index is 0.0398. The van der Waals surface area contributed by atoms with E-state index >= 15 is 0 Å². The second-order valence-corrected chi connectivity index (χ2v) is 7.32. The number of Topliss-reactive ketones (excluding diaryl/α,β-unsaturated/α-hetero) is 1. The predicted molar refractivity (Wildman–Crippen MR) is 109 cm³/mol. The second-order valence-electron chi connectivity index (χ2n) is 6.92. The molecule has 3 N–H and O–H groups in total. The van der Waals surface area contributed by atoms with Gasteiger partial charge in [-0.15, -0.1) is 0 Å². The first-order valence-electron chi connectivity index (χ1n) is 9.43. The summed E-state index contributed by atoms with van der Waals surface area (Å²) in [6, 6.07) is 8.38. The van der Waals surface area contributed by atoms with Crippen molar-refractivity contribution in [3.05, 3.63) is 29.8 Å². The Hall–Kier alpha value is -1.95. The molecule has 142 valence electrons. The van der Waals surface area contributed by atoms with E-state index in [4.69, 9.17) is 12.2 Å². The maximum absolute atomic E-state index is 12.1. The zero-order chi connectivity index (χ0) is 18.9. The van der Waals surface area contributed by atoms with Gasteiger partial charge in [-0.25, -0.2) is 0 Å². The number of carbonyl (C=O) groups excluding carboxylic acids is 2. The van der Waals surface area contributed by atoms with Gasteiger partial charge in [-0.05, 0) is 56.1 Å². The lowest BCUT2D eigenvalue weighted by Gasteiger charge is -2.33. The molecule has 0 heterocycles. The zero-order valence-corrected chi connectivity index (χ0v) is 16.5. The van der Waals surface area contributed by atoms with Crippen LogP contribution in [0.5, 0.6) is 0 Å². The molecule has 1 aromatic rings. The first-order chi connectivity index (χ1) is 12.5. The Morgan fingerprint density at radius 1 is 1.04 bits per heavy atom. The van der Waals surface area contributed by atoms with Crippen molar-refractivity contribution in [1.29, 1.82) is 0 Å². The first-order valence-corrected chi connectivity index (χ1v) is 9.84. The van der Waals surface area contributed by atoms with Gasteiger partial charge in [0.05, 0.1) is 0 Å². The van der Waals surface area contributed by atoms with Gasteiger partial charge in [-0.1, -0.05) is 31.9 Å². The van der Waals surface area contributed by atoms with Gasteiger partial charge in [0.2, 0.25) is 5.91 Å². The van der Waals surface area contributed by atoms with E-state index in [0.717, 1.165) is 37.8 Å². The molecule has 0 bridgehead atoms. The van der Waals surface area contributed by atoms with Crippen LogP contribution in [0.2, 0.25) is 0 Å². The topological polar surface area (TPSA) is 70.2 Å². The molecule has 0 saturated heterocycles. The fourth-order valence-corrected chi connectivity index (χ4v) is 3.47. The molecule has 1 saturated carbocycles. The van der Waals surface area contributed by atoms with Crippen LogP contribution in [0.15, 0.2) is 24.3 Å². The number of hydrogen-bond acceptors (Lipinski definition) is 3. The molecule has 0 aliphatic heterocycles. The highest BCUT2D eigenvalue weighted by Crippen LogP contribution is 2.19. The summed E-state index contributed by atoms with van der Waals surface area (Å²) in [6.07, 6.45) is 5.66. The average Bonchev–Trinajstić information content (AvgIpc) is 2.62. The molecule has 0 spiro atoms. The molecule has 0 aromatic heterocycles. The third kappa shape index (κ3) is 6.75. The standard InChI is InChI=1S/C20H29N3O2S/c1-3-15-9-11-16(12-10-15)21-20(26)23-18-7-5-4-6-17(18)22-19(25)13-8-14(2)24/h9-12,17-18H,3-8,13H2,1-2H3,(H,22,25)(H2,21,23,26). The van der Waals surface area contributed by atoms with Crippen molar-refractivity contribution >= 4 is 34.7 Å². The molecule has 5 nitrogen and oxygen atoms in total. The van der Waals surface area contributed by atoms with Crippen LogP contribution in [0.3, 0.4) is 0 Å². The van der Waals surface area contributed by atoms with E-state index in [2.05, 4.69) is 35.0 Å². The maximum Gasteiger partial charge on any atom is 0.220 e. The summed E-state index contributed by atoms with van der Waals surface area (Å²) in [4.78, 5) is 23.1. The van der Waals surface area contributed by atoms with E-state index in [1.54, 1.807) is 0 Å². The van der Waals surface area contributed by atoms with Gasteiger partial charge < -0.3 is 20.7 Å². The Morgan fingerprint density at radius 2 is 1.65 bits per heavy atom. The lowest BCUT2D eigenvalue weighted by molar-refractivity contribution is -0.125.